The number of ether oxygens (including phenoxy) is 1. The van der Waals surface area contributed by atoms with Gasteiger partial charge in [0.1, 0.15) is 6.10 Å². The molecule has 1 heterocycles. The van der Waals surface area contributed by atoms with Gasteiger partial charge < -0.3 is 15.4 Å². The maximum absolute atomic E-state index is 12.7. The lowest BCUT2D eigenvalue weighted by molar-refractivity contribution is -0.143. The molecular formula is C18H28N2O2. The number of nitrogens with two attached hydrogens (primary N) is 1. The normalized spacial score (nSPS) is 21.3. The van der Waals surface area contributed by atoms with Crippen LogP contribution in [0.15, 0.2) is 30.3 Å². The second-order valence-corrected chi connectivity index (χ2v) is 6.47. The fourth-order valence-electron chi connectivity index (χ4n) is 2.91. The summed E-state index contributed by atoms with van der Waals surface area (Å²) in [6.45, 7) is 6.30. The van der Waals surface area contributed by atoms with E-state index in [1.807, 2.05) is 23.1 Å². The second kappa shape index (κ2) is 8.30. The Morgan fingerprint density at radius 2 is 2.05 bits per heavy atom. The predicted octanol–water partition coefficient (Wildman–Crippen LogP) is 2.22. The Kier molecular flexibility index (Phi) is 6.40. The van der Waals surface area contributed by atoms with Crippen molar-refractivity contribution in [3.8, 4) is 0 Å². The van der Waals surface area contributed by atoms with Crippen LogP contribution in [-0.2, 0) is 16.0 Å². The minimum atomic E-state index is -0.303. The smallest absolute Gasteiger partial charge is 0.251 e. The van der Waals surface area contributed by atoms with Crippen LogP contribution in [0.3, 0.4) is 0 Å². The molecule has 1 aromatic rings. The number of carbonyl (C=O) groups excluding carboxylic acids is 1. The Bertz CT molecular complexity index is 461. The van der Waals surface area contributed by atoms with Gasteiger partial charge in [0.25, 0.3) is 5.91 Å². The average molecular weight is 304 g/mol. The first-order chi connectivity index (χ1) is 10.6. The summed E-state index contributed by atoms with van der Waals surface area (Å²) >= 11 is 0. The van der Waals surface area contributed by atoms with Crippen molar-refractivity contribution in [3.63, 3.8) is 0 Å². The Morgan fingerprint density at radius 1 is 1.32 bits per heavy atom. The Labute approximate surface area is 133 Å². The summed E-state index contributed by atoms with van der Waals surface area (Å²) in [6.07, 6.45) is 2.31. The van der Waals surface area contributed by atoms with Crippen molar-refractivity contribution in [2.45, 2.75) is 45.3 Å². The van der Waals surface area contributed by atoms with Gasteiger partial charge in [-0.2, -0.15) is 0 Å². The van der Waals surface area contributed by atoms with Crippen LogP contribution in [0.5, 0.6) is 0 Å². The maximum atomic E-state index is 12.7. The maximum Gasteiger partial charge on any atom is 0.251 e. The van der Waals surface area contributed by atoms with Gasteiger partial charge in [-0.05, 0) is 30.7 Å². The number of carbonyl (C=O) groups is 1. The van der Waals surface area contributed by atoms with Gasteiger partial charge >= 0.3 is 0 Å². The zero-order valence-electron chi connectivity index (χ0n) is 13.7. The number of hydrogen-bond donors (Lipinski definition) is 1. The van der Waals surface area contributed by atoms with Crippen molar-refractivity contribution in [1.82, 2.24) is 4.90 Å². The third kappa shape index (κ3) is 4.82. The van der Waals surface area contributed by atoms with Crippen LogP contribution in [0, 0.1) is 5.92 Å². The van der Waals surface area contributed by atoms with E-state index in [9.17, 15) is 4.79 Å². The molecule has 1 saturated heterocycles. The summed E-state index contributed by atoms with van der Waals surface area (Å²) in [5, 5.41) is 0. The molecule has 0 bridgehead atoms. The standard InChI is InChI=1S/C18H28N2O2/c1-14(2)13-20(11-10-15-6-4-3-5-7-15)18(21)17-9-8-16(12-19)22-17/h3-7,14,16-17H,8-13,19H2,1-2H3/t16-,17+/m1/s1. The van der Waals surface area contributed by atoms with Crippen LogP contribution >= 0.6 is 0 Å². The van der Waals surface area contributed by atoms with E-state index in [4.69, 9.17) is 10.5 Å². The lowest BCUT2D eigenvalue weighted by atomic mass is 10.1. The third-order valence-corrected chi connectivity index (χ3v) is 4.06. The first-order valence-electron chi connectivity index (χ1n) is 8.28. The molecule has 122 valence electrons. The van der Waals surface area contributed by atoms with Crippen molar-refractivity contribution in [2.75, 3.05) is 19.6 Å². The highest BCUT2D eigenvalue weighted by atomic mass is 16.5. The van der Waals surface area contributed by atoms with Crippen LogP contribution in [0.2, 0.25) is 0 Å². The summed E-state index contributed by atoms with van der Waals surface area (Å²) in [5.74, 6) is 0.576. The number of amides is 1. The molecule has 2 N–H and O–H groups in total. The summed E-state index contributed by atoms with van der Waals surface area (Å²) < 4.78 is 5.77. The molecule has 1 aromatic carbocycles. The molecule has 1 aliphatic rings. The number of rotatable bonds is 7. The molecule has 2 rings (SSSR count). The third-order valence-electron chi connectivity index (χ3n) is 4.06. The molecule has 1 fully saturated rings. The van der Waals surface area contributed by atoms with Crippen molar-refractivity contribution in [3.05, 3.63) is 35.9 Å². The van der Waals surface area contributed by atoms with Crippen LogP contribution < -0.4 is 5.73 Å². The minimum absolute atomic E-state index is 0.0453. The predicted molar refractivity (Wildman–Crippen MR) is 88.5 cm³/mol. The molecule has 0 spiro atoms. The lowest BCUT2D eigenvalue weighted by Gasteiger charge is -2.27. The van der Waals surface area contributed by atoms with Crippen LogP contribution in [0.4, 0.5) is 0 Å². The molecule has 0 saturated carbocycles. The monoisotopic (exact) mass is 304 g/mol. The number of nitrogens with zero attached hydrogens (tertiary/aromatic N) is 1. The summed E-state index contributed by atoms with van der Waals surface area (Å²) in [4.78, 5) is 14.7. The highest BCUT2D eigenvalue weighted by molar-refractivity contribution is 5.81. The lowest BCUT2D eigenvalue weighted by Crippen LogP contribution is -2.42. The van der Waals surface area contributed by atoms with Crippen molar-refractivity contribution in [2.24, 2.45) is 11.7 Å². The van der Waals surface area contributed by atoms with E-state index in [-0.39, 0.29) is 18.1 Å². The molecule has 2 atom stereocenters. The van der Waals surface area contributed by atoms with E-state index >= 15 is 0 Å². The topological polar surface area (TPSA) is 55.6 Å². The van der Waals surface area contributed by atoms with Crippen molar-refractivity contribution < 1.29 is 9.53 Å². The van der Waals surface area contributed by atoms with Gasteiger partial charge in [0, 0.05) is 19.6 Å². The first-order valence-corrected chi connectivity index (χ1v) is 8.28. The number of hydrogen-bond acceptors (Lipinski definition) is 3. The average Bonchev–Trinajstić information content (AvgIpc) is 3.00. The van der Waals surface area contributed by atoms with Gasteiger partial charge in [-0.1, -0.05) is 44.2 Å². The van der Waals surface area contributed by atoms with Gasteiger partial charge in [-0.25, -0.2) is 0 Å². The molecule has 4 nitrogen and oxygen atoms in total. The summed E-state index contributed by atoms with van der Waals surface area (Å²) in [7, 11) is 0. The fraction of sp³-hybridized carbons (Fsp3) is 0.611. The minimum Gasteiger partial charge on any atom is -0.364 e. The van der Waals surface area contributed by atoms with Gasteiger partial charge in [-0.3, -0.25) is 4.79 Å². The highest BCUT2D eigenvalue weighted by Crippen LogP contribution is 2.21. The van der Waals surface area contributed by atoms with Crippen molar-refractivity contribution >= 4 is 5.91 Å². The molecule has 0 aromatic heterocycles. The molecule has 22 heavy (non-hydrogen) atoms. The van der Waals surface area contributed by atoms with Gasteiger partial charge in [0.05, 0.1) is 6.10 Å². The van der Waals surface area contributed by atoms with Gasteiger partial charge in [0.2, 0.25) is 0 Å². The molecule has 4 heteroatoms. The molecular weight excluding hydrogens is 276 g/mol. The fourth-order valence-corrected chi connectivity index (χ4v) is 2.91. The largest absolute Gasteiger partial charge is 0.364 e. The zero-order chi connectivity index (χ0) is 15.9. The molecule has 1 amide bonds. The molecule has 1 aliphatic heterocycles. The quantitative estimate of drug-likeness (QED) is 0.840. The van der Waals surface area contributed by atoms with Crippen LogP contribution in [0.1, 0.15) is 32.3 Å². The van der Waals surface area contributed by atoms with E-state index in [1.54, 1.807) is 0 Å². The van der Waals surface area contributed by atoms with Crippen LogP contribution in [0.25, 0.3) is 0 Å². The SMILES string of the molecule is CC(C)CN(CCc1ccccc1)C(=O)[C@@H]1CC[C@H](CN)O1. The Hall–Kier alpha value is -1.39. The second-order valence-electron chi connectivity index (χ2n) is 6.47. The summed E-state index contributed by atoms with van der Waals surface area (Å²) in [6, 6.07) is 10.3. The van der Waals surface area contributed by atoms with Gasteiger partial charge in [0.15, 0.2) is 0 Å². The van der Waals surface area contributed by atoms with E-state index in [2.05, 4.69) is 26.0 Å². The van der Waals surface area contributed by atoms with E-state index in [0.29, 0.717) is 12.5 Å². The van der Waals surface area contributed by atoms with Gasteiger partial charge in [-0.15, -0.1) is 0 Å². The van der Waals surface area contributed by atoms with Crippen molar-refractivity contribution in [1.29, 1.82) is 0 Å². The van der Waals surface area contributed by atoms with E-state index in [1.165, 1.54) is 5.56 Å². The Balaban J connectivity index is 1.94. The molecule has 0 aliphatic carbocycles. The highest BCUT2D eigenvalue weighted by Gasteiger charge is 2.32. The zero-order valence-corrected chi connectivity index (χ0v) is 13.7. The number of benzene rings is 1. The van der Waals surface area contributed by atoms with E-state index in [0.717, 1.165) is 32.4 Å². The van der Waals surface area contributed by atoms with E-state index < -0.39 is 0 Å². The first kappa shape index (κ1) is 17.0. The molecule has 0 radical (unpaired) electrons. The Morgan fingerprint density at radius 3 is 2.64 bits per heavy atom. The summed E-state index contributed by atoms with van der Waals surface area (Å²) in [5.41, 5.74) is 6.90. The molecule has 0 unspecified atom stereocenters. The van der Waals surface area contributed by atoms with Crippen LogP contribution in [-0.4, -0.2) is 42.6 Å².